The van der Waals surface area contributed by atoms with E-state index in [4.69, 9.17) is 17.3 Å². The predicted molar refractivity (Wildman–Crippen MR) is 90.5 cm³/mol. The van der Waals surface area contributed by atoms with E-state index in [1.54, 1.807) is 6.07 Å². The summed E-state index contributed by atoms with van der Waals surface area (Å²) in [5, 5.41) is 12.6. The molecule has 1 heterocycles. The van der Waals surface area contributed by atoms with E-state index in [1.807, 2.05) is 0 Å². The zero-order valence-corrected chi connectivity index (χ0v) is 14.5. The monoisotopic (exact) mass is 401 g/mol. The summed E-state index contributed by atoms with van der Waals surface area (Å²) in [6.45, 7) is 0. The third-order valence-corrected chi connectivity index (χ3v) is 3.91. The van der Waals surface area contributed by atoms with Gasteiger partial charge in [-0.25, -0.2) is 4.98 Å². The number of aliphatic hydroxyl groups excluding tert-OH is 1. The first-order valence-corrected chi connectivity index (χ1v) is 8.01. The van der Waals surface area contributed by atoms with Crippen LogP contribution in [0.3, 0.4) is 0 Å². The molecule has 144 valence electrons. The maximum absolute atomic E-state index is 12.6. The lowest BCUT2D eigenvalue weighted by molar-refractivity contribution is -0.137. The summed E-state index contributed by atoms with van der Waals surface area (Å²) in [4.78, 5) is 27.6. The Balaban J connectivity index is 2.07. The fourth-order valence-corrected chi connectivity index (χ4v) is 2.35. The number of hydrogen-bond acceptors (Lipinski definition) is 4. The number of alkyl halides is 3. The van der Waals surface area contributed by atoms with Gasteiger partial charge in [-0.1, -0.05) is 29.8 Å². The zero-order valence-electron chi connectivity index (χ0n) is 13.7. The molecule has 0 fully saturated rings. The molecule has 0 bridgehead atoms. The van der Waals surface area contributed by atoms with E-state index in [1.165, 1.54) is 12.3 Å². The molecule has 2 amide bonds. The first-order valence-electron chi connectivity index (χ1n) is 7.63. The van der Waals surface area contributed by atoms with Crippen molar-refractivity contribution in [3.05, 3.63) is 64.4 Å². The lowest BCUT2D eigenvalue weighted by Gasteiger charge is -2.18. The number of carbonyl (C=O) groups is 2. The molecule has 0 saturated carbocycles. The molecule has 0 spiro atoms. The van der Waals surface area contributed by atoms with Crippen LogP contribution in [0.5, 0.6) is 0 Å². The maximum Gasteiger partial charge on any atom is 0.416 e. The Hall–Kier alpha value is -2.65. The van der Waals surface area contributed by atoms with Crippen LogP contribution in [0.25, 0.3) is 0 Å². The third kappa shape index (κ3) is 5.66. The minimum Gasteiger partial charge on any atom is -0.378 e. The second-order valence-corrected chi connectivity index (χ2v) is 6.07. The second-order valence-electron chi connectivity index (χ2n) is 5.68. The largest absolute Gasteiger partial charge is 0.416 e. The van der Waals surface area contributed by atoms with Crippen molar-refractivity contribution in [2.24, 2.45) is 5.73 Å². The van der Waals surface area contributed by atoms with Gasteiger partial charge in [0.05, 0.1) is 5.56 Å². The summed E-state index contributed by atoms with van der Waals surface area (Å²) in [5.41, 5.74) is 4.85. The third-order valence-electron chi connectivity index (χ3n) is 3.69. The Morgan fingerprint density at radius 3 is 2.30 bits per heavy atom. The Labute approximate surface area is 157 Å². The number of nitrogens with zero attached hydrogens (tertiary/aromatic N) is 1. The Morgan fingerprint density at radius 2 is 1.81 bits per heavy atom. The van der Waals surface area contributed by atoms with Crippen molar-refractivity contribution in [2.75, 3.05) is 0 Å². The Morgan fingerprint density at radius 1 is 1.19 bits per heavy atom. The summed E-state index contributed by atoms with van der Waals surface area (Å²) < 4.78 is 37.7. The van der Waals surface area contributed by atoms with Crippen LogP contribution < -0.4 is 11.1 Å². The van der Waals surface area contributed by atoms with E-state index < -0.39 is 35.7 Å². The van der Waals surface area contributed by atoms with E-state index in [0.29, 0.717) is 5.56 Å². The van der Waals surface area contributed by atoms with Crippen molar-refractivity contribution < 1.29 is 27.9 Å². The fourth-order valence-electron chi connectivity index (χ4n) is 2.24. The summed E-state index contributed by atoms with van der Waals surface area (Å²) in [7, 11) is 0. The average molecular weight is 402 g/mol. The number of primary amides is 1. The van der Waals surface area contributed by atoms with Crippen LogP contribution in [0.4, 0.5) is 13.2 Å². The van der Waals surface area contributed by atoms with Crippen LogP contribution in [0.2, 0.25) is 5.15 Å². The fraction of sp³-hybridized carbons (Fsp3) is 0.235. The summed E-state index contributed by atoms with van der Waals surface area (Å²) >= 11 is 5.67. The van der Waals surface area contributed by atoms with Gasteiger partial charge in [-0.2, -0.15) is 13.2 Å². The van der Waals surface area contributed by atoms with Crippen LogP contribution in [-0.2, 0) is 22.2 Å². The number of amides is 2. The first kappa shape index (κ1) is 20.7. The quantitative estimate of drug-likeness (QED) is 0.644. The van der Waals surface area contributed by atoms with Crippen LogP contribution in [0.15, 0.2) is 42.6 Å². The molecule has 4 N–H and O–H groups in total. The first-order chi connectivity index (χ1) is 12.6. The maximum atomic E-state index is 12.6. The Bertz CT molecular complexity index is 811. The molecule has 0 saturated heterocycles. The molecule has 0 aliphatic heterocycles. The van der Waals surface area contributed by atoms with Crippen molar-refractivity contribution in [2.45, 2.75) is 24.7 Å². The molecule has 2 aromatic rings. The van der Waals surface area contributed by atoms with Crippen molar-refractivity contribution in [1.29, 1.82) is 0 Å². The normalized spacial score (nSPS) is 13.7. The molecule has 0 radical (unpaired) electrons. The van der Waals surface area contributed by atoms with Gasteiger partial charge in [-0.3, -0.25) is 9.59 Å². The number of carbonyl (C=O) groups excluding carboxylic acids is 2. The van der Waals surface area contributed by atoms with E-state index in [0.717, 1.165) is 24.3 Å². The molecule has 27 heavy (non-hydrogen) atoms. The second kappa shape index (κ2) is 8.36. The molecule has 0 aliphatic carbocycles. The highest BCUT2D eigenvalue weighted by atomic mass is 35.5. The van der Waals surface area contributed by atoms with E-state index in [2.05, 4.69) is 10.3 Å². The standard InChI is InChI=1S/C17H15ClF3N3O3/c18-13-6-1-9(8-23-13)7-12(15(22)26)24-16(27)14(25)10-2-4-11(5-3-10)17(19,20)21/h1-6,8,12,14,25H,7H2,(H2,22,26)(H,24,27)/t12-,14+/m0/s1. The van der Waals surface area contributed by atoms with Crippen LogP contribution >= 0.6 is 11.6 Å². The minimum absolute atomic E-state index is 0.00493. The number of aromatic nitrogens is 1. The molecular weight excluding hydrogens is 387 g/mol. The molecule has 1 aromatic heterocycles. The smallest absolute Gasteiger partial charge is 0.378 e. The lowest BCUT2D eigenvalue weighted by atomic mass is 10.0. The van der Waals surface area contributed by atoms with Gasteiger partial charge >= 0.3 is 6.18 Å². The SMILES string of the molecule is NC(=O)[C@H](Cc1ccc(Cl)nc1)NC(=O)[C@H](O)c1ccc(C(F)(F)F)cc1. The number of benzene rings is 1. The van der Waals surface area contributed by atoms with Gasteiger partial charge in [0.2, 0.25) is 5.91 Å². The predicted octanol–water partition coefficient (Wildman–Crippen LogP) is 2.00. The van der Waals surface area contributed by atoms with Crippen LogP contribution in [-0.4, -0.2) is 27.9 Å². The number of nitrogens with one attached hydrogen (secondary N) is 1. The van der Waals surface area contributed by atoms with E-state index in [-0.39, 0.29) is 17.1 Å². The van der Waals surface area contributed by atoms with Gasteiger partial charge in [0.1, 0.15) is 11.2 Å². The summed E-state index contributed by atoms with van der Waals surface area (Å²) in [6, 6.07) is 5.39. The van der Waals surface area contributed by atoms with E-state index in [9.17, 15) is 27.9 Å². The van der Waals surface area contributed by atoms with Gasteiger partial charge in [0, 0.05) is 12.6 Å². The van der Waals surface area contributed by atoms with Crippen LogP contribution in [0.1, 0.15) is 22.8 Å². The highest BCUT2D eigenvalue weighted by molar-refractivity contribution is 6.29. The number of rotatable bonds is 6. The lowest BCUT2D eigenvalue weighted by Crippen LogP contribution is -2.47. The summed E-state index contributed by atoms with van der Waals surface area (Å²) in [5.74, 6) is -1.82. The topological polar surface area (TPSA) is 105 Å². The van der Waals surface area contributed by atoms with Crippen molar-refractivity contribution in [3.8, 4) is 0 Å². The van der Waals surface area contributed by atoms with Crippen molar-refractivity contribution in [3.63, 3.8) is 0 Å². The molecule has 0 aliphatic rings. The highest BCUT2D eigenvalue weighted by Gasteiger charge is 2.31. The molecule has 1 aromatic carbocycles. The average Bonchev–Trinajstić information content (AvgIpc) is 2.61. The highest BCUT2D eigenvalue weighted by Crippen LogP contribution is 2.30. The van der Waals surface area contributed by atoms with E-state index >= 15 is 0 Å². The number of nitrogens with two attached hydrogens (primary N) is 1. The van der Waals surface area contributed by atoms with Gasteiger partial charge in [-0.15, -0.1) is 0 Å². The van der Waals surface area contributed by atoms with Gasteiger partial charge in [0.25, 0.3) is 5.91 Å². The number of aliphatic hydroxyl groups is 1. The molecule has 2 atom stereocenters. The molecule has 0 unspecified atom stereocenters. The van der Waals surface area contributed by atoms with Crippen molar-refractivity contribution in [1.82, 2.24) is 10.3 Å². The minimum atomic E-state index is -4.53. The number of pyridine rings is 1. The van der Waals surface area contributed by atoms with Crippen molar-refractivity contribution >= 4 is 23.4 Å². The molecule has 10 heteroatoms. The summed E-state index contributed by atoms with van der Waals surface area (Å²) in [6.07, 6.45) is -4.89. The Kier molecular flexibility index (Phi) is 6.40. The molecule has 2 rings (SSSR count). The number of halogens is 4. The van der Waals surface area contributed by atoms with Gasteiger partial charge < -0.3 is 16.2 Å². The number of hydrogen-bond donors (Lipinski definition) is 3. The van der Waals surface area contributed by atoms with Gasteiger partial charge in [0.15, 0.2) is 6.10 Å². The van der Waals surface area contributed by atoms with Gasteiger partial charge in [-0.05, 0) is 29.3 Å². The molecular formula is C17H15ClF3N3O3. The zero-order chi connectivity index (χ0) is 20.2. The molecule has 6 nitrogen and oxygen atoms in total. The van der Waals surface area contributed by atoms with Crippen LogP contribution in [0, 0.1) is 0 Å².